The molecule has 0 aromatic heterocycles. The highest BCUT2D eigenvalue weighted by Crippen LogP contribution is 2.45. The average Bonchev–Trinajstić information content (AvgIpc) is 3.41. The van der Waals surface area contributed by atoms with Crippen LogP contribution >= 0.6 is 0 Å². The Bertz CT molecular complexity index is 1870. The summed E-state index contributed by atoms with van der Waals surface area (Å²) in [6, 6.07) is 43.2. The topological polar surface area (TPSA) is 64.8 Å². The first-order chi connectivity index (χ1) is 23.2. The second kappa shape index (κ2) is 13.9. The van der Waals surface area contributed by atoms with E-state index >= 15 is 0 Å². The zero-order valence-corrected chi connectivity index (χ0v) is 29.1. The molecule has 1 amide bonds. The first kappa shape index (κ1) is 32.8. The SMILES string of the molecule is CC#CCN(Cc1cc(N)ccc1CO[Si](c1ccccc1)(c1ccccc1)C(C)(C)C)C(=O)OC1c2ccccc2-c2ccccc21. The zero-order chi connectivity index (χ0) is 33.7. The fraction of sp³-hybridized carbons (Fsp3) is 0.214. The number of nitrogens with zero attached hydrogens (tertiary/aromatic N) is 1. The van der Waals surface area contributed by atoms with Crippen LogP contribution in [-0.4, -0.2) is 25.9 Å². The quantitative estimate of drug-likeness (QED) is 0.0996. The van der Waals surface area contributed by atoms with Gasteiger partial charge in [-0.25, -0.2) is 4.79 Å². The number of rotatable bonds is 9. The van der Waals surface area contributed by atoms with Gasteiger partial charge in [-0.15, -0.1) is 5.92 Å². The number of hydrogen-bond donors (Lipinski definition) is 1. The summed E-state index contributed by atoms with van der Waals surface area (Å²) in [6.45, 7) is 9.42. The molecule has 5 aromatic rings. The van der Waals surface area contributed by atoms with Gasteiger partial charge in [0.15, 0.2) is 6.10 Å². The standard InChI is InChI=1S/C42H42N2O3Si/c1-5-6-27-44(41(45)47-40-38-23-15-13-21-36(38)37-22-14-16-24-39(37)40)29-32-28-33(43)26-25-31(32)30-46-48(42(2,3)4,34-17-9-7-10-18-34)35-19-11-8-12-20-35/h7-26,28,40H,27,29-30,43H2,1-4H3. The van der Waals surface area contributed by atoms with Crippen molar-refractivity contribution >= 4 is 30.5 Å². The van der Waals surface area contributed by atoms with Gasteiger partial charge in [0, 0.05) is 16.8 Å². The van der Waals surface area contributed by atoms with Crippen LogP contribution < -0.4 is 16.1 Å². The highest BCUT2D eigenvalue weighted by Gasteiger charge is 2.50. The third-order valence-corrected chi connectivity index (χ3v) is 14.1. The van der Waals surface area contributed by atoms with Crippen molar-refractivity contribution in [2.45, 2.75) is 52.0 Å². The van der Waals surface area contributed by atoms with E-state index in [9.17, 15) is 4.79 Å². The van der Waals surface area contributed by atoms with Crippen LogP contribution in [0.1, 0.15) is 56.1 Å². The number of amides is 1. The lowest BCUT2D eigenvalue weighted by atomic mass is 10.1. The smallest absolute Gasteiger partial charge is 0.411 e. The normalized spacial score (nSPS) is 12.4. The van der Waals surface area contributed by atoms with E-state index in [1.165, 1.54) is 10.4 Å². The van der Waals surface area contributed by atoms with Gasteiger partial charge in [0.1, 0.15) is 0 Å². The van der Waals surface area contributed by atoms with Gasteiger partial charge in [-0.05, 0) is 56.7 Å². The van der Waals surface area contributed by atoms with Gasteiger partial charge in [-0.3, -0.25) is 4.90 Å². The minimum absolute atomic E-state index is 0.176. The lowest BCUT2D eigenvalue weighted by molar-refractivity contribution is 0.0805. The molecule has 0 unspecified atom stereocenters. The Morgan fingerprint density at radius 2 is 1.31 bits per heavy atom. The molecule has 0 radical (unpaired) electrons. The van der Waals surface area contributed by atoms with Gasteiger partial charge in [-0.2, -0.15) is 0 Å². The van der Waals surface area contributed by atoms with E-state index in [1.807, 2.05) is 66.7 Å². The molecule has 1 aliphatic carbocycles. The molecule has 48 heavy (non-hydrogen) atoms. The Kier molecular flexibility index (Phi) is 9.54. The van der Waals surface area contributed by atoms with Crippen LogP contribution in [0.15, 0.2) is 127 Å². The molecule has 0 saturated heterocycles. The molecule has 242 valence electrons. The summed E-state index contributed by atoms with van der Waals surface area (Å²) in [4.78, 5) is 15.7. The number of nitrogen functional groups attached to an aromatic ring is 1. The van der Waals surface area contributed by atoms with Crippen molar-refractivity contribution in [3.63, 3.8) is 0 Å². The summed E-state index contributed by atoms with van der Waals surface area (Å²) >= 11 is 0. The Morgan fingerprint density at radius 3 is 1.85 bits per heavy atom. The molecular formula is C42H42N2O3Si. The van der Waals surface area contributed by atoms with Crippen LogP contribution in [0, 0.1) is 11.8 Å². The number of carbonyl (C=O) groups excluding carboxylic acids is 1. The maximum absolute atomic E-state index is 14.0. The summed E-state index contributed by atoms with van der Waals surface area (Å²) in [5.74, 6) is 6.03. The summed E-state index contributed by atoms with van der Waals surface area (Å²) in [5.41, 5.74) is 13.0. The highest BCUT2D eigenvalue weighted by molar-refractivity contribution is 6.99. The lowest BCUT2D eigenvalue weighted by Crippen LogP contribution is -2.66. The number of carbonyl (C=O) groups is 1. The molecule has 0 atom stereocenters. The van der Waals surface area contributed by atoms with Crippen molar-refractivity contribution in [3.05, 3.63) is 150 Å². The van der Waals surface area contributed by atoms with E-state index < -0.39 is 20.5 Å². The van der Waals surface area contributed by atoms with Crippen LogP contribution in [0.4, 0.5) is 10.5 Å². The van der Waals surface area contributed by atoms with Crippen LogP contribution in [-0.2, 0) is 22.3 Å². The third kappa shape index (κ3) is 6.40. The van der Waals surface area contributed by atoms with E-state index in [0.29, 0.717) is 12.3 Å². The molecule has 2 N–H and O–H groups in total. The lowest BCUT2D eigenvalue weighted by Gasteiger charge is -2.43. The zero-order valence-electron chi connectivity index (χ0n) is 28.1. The highest BCUT2D eigenvalue weighted by atomic mass is 28.4. The second-order valence-corrected chi connectivity index (χ2v) is 17.5. The van der Waals surface area contributed by atoms with Gasteiger partial charge < -0.3 is 14.9 Å². The molecule has 6 heteroatoms. The van der Waals surface area contributed by atoms with E-state index in [1.54, 1.807) is 11.8 Å². The third-order valence-electron chi connectivity index (χ3n) is 9.15. The molecule has 0 saturated carbocycles. The van der Waals surface area contributed by atoms with Gasteiger partial charge >= 0.3 is 6.09 Å². The summed E-state index contributed by atoms with van der Waals surface area (Å²) < 4.78 is 13.6. The monoisotopic (exact) mass is 650 g/mol. The molecule has 0 heterocycles. The maximum atomic E-state index is 14.0. The van der Waals surface area contributed by atoms with E-state index in [-0.39, 0.29) is 18.1 Å². The fourth-order valence-electron chi connectivity index (χ4n) is 6.86. The van der Waals surface area contributed by atoms with E-state index in [4.69, 9.17) is 14.9 Å². The Labute approximate surface area is 285 Å². The van der Waals surface area contributed by atoms with Crippen molar-refractivity contribution in [3.8, 4) is 23.0 Å². The first-order valence-corrected chi connectivity index (χ1v) is 18.3. The number of ether oxygens (including phenoxy) is 1. The average molecular weight is 651 g/mol. The second-order valence-electron chi connectivity index (χ2n) is 13.2. The van der Waals surface area contributed by atoms with Gasteiger partial charge in [0.2, 0.25) is 0 Å². The van der Waals surface area contributed by atoms with Crippen LogP contribution in [0.25, 0.3) is 11.1 Å². The number of hydrogen-bond acceptors (Lipinski definition) is 4. The van der Waals surface area contributed by atoms with Gasteiger partial charge in [0.25, 0.3) is 8.32 Å². The molecule has 1 aliphatic rings. The molecule has 0 bridgehead atoms. The summed E-state index contributed by atoms with van der Waals surface area (Å²) in [5, 5.41) is 2.24. The number of benzene rings is 5. The largest absolute Gasteiger partial charge is 0.436 e. The molecule has 0 aliphatic heterocycles. The van der Waals surface area contributed by atoms with Gasteiger partial charge in [0.05, 0.1) is 19.7 Å². The number of fused-ring (bicyclic) bond motifs is 3. The predicted molar refractivity (Wildman–Crippen MR) is 197 cm³/mol. The van der Waals surface area contributed by atoms with Gasteiger partial charge in [-0.1, -0.05) is 142 Å². The summed E-state index contributed by atoms with van der Waals surface area (Å²) in [7, 11) is -2.80. The molecule has 5 aromatic carbocycles. The molecule has 5 nitrogen and oxygen atoms in total. The first-order valence-electron chi connectivity index (χ1n) is 16.4. The minimum atomic E-state index is -2.80. The molecule has 6 rings (SSSR count). The van der Waals surface area contributed by atoms with Crippen molar-refractivity contribution in [1.82, 2.24) is 4.90 Å². The van der Waals surface area contributed by atoms with E-state index in [2.05, 4.69) is 93.3 Å². The Morgan fingerprint density at radius 1 is 0.771 bits per heavy atom. The predicted octanol–water partition coefficient (Wildman–Crippen LogP) is 8.08. The molecule has 0 spiro atoms. The van der Waals surface area contributed by atoms with Crippen LogP contribution in [0.2, 0.25) is 5.04 Å². The van der Waals surface area contributed by atoms with E-state index in [0.717, 1.165) is 33.4 Å². The molecular weight excluding hydrogens is 609 g/mol. The minimum Gasteiger partial charge on any atom is -0.436 e. The Hall–Kier alpha value is -5.09. The van der Waals surface area contributed by atoms with Crippen molar-refractivity contribution in [2.24, 2.45) is 0 Å². The number of anilines is 1. The molecule has 0 fully saturated rings. The Balaban J connectivity index is 1.32. The van der Waals surface area contributed by atoms with Crippen LogP contribution in [0.5, 0.6) is 0 Å². The number of nitrogens with two attached hydrogens (primary N) is 1. The van der Waals surface area contributed by atoms with Crippen LogP contribution in [0.3, 0.4) is 0 Å². The van der Waals surface area contributed by atoms with Crippen molar-refractivity contribution in [1.29, 1.82) is 0 Å². The fourth-order valence-corrected chi connectivity index (χ4v) is 11.4. The summed E-state index contributed by atoms with van der Waals surface area (Å²) in [6.07, 6.45) is -0.934. The van der Waals surface area contributed by atoms with Crippen molar-refractivity contribution < 1.29 is 14.0 Å². The maximum Gasteiger partial charge on any atom is 0.411 e. The van der Waals surface area contributed by atoms with Crippen molar-refractivity contribution in [2.75, 3.05) is 12.3 Å².